The fourth-order valence-corrected chi connectivity index (χ4v) is 4.03. The molecule has 4 atom stereocenters. The van der Waals surface area contributed by atoms with Gasteiger partial charge in [0, 0.05) is 50.3 Å². The molecule has 11 nitrogen and oxygen atoms in total. The Balaban J connectivity index is 1.61. The van der Waals surface area contributed by atoms with Crippen LogP contribution < -0.4 is 43.6 Å². The molecule has 0 aliphatic carbocycles. The summed E-state index contributed by atoms with van der Waals surface area (Å²) >= 11 is 0. The molecule has 4 unspecified atom stereocenters. The lowest BCUT2D eigenvalue weighted by Crippen LogP contribution is -2.54. The van der Waals surface area contributed by atoms with E-state index >= 15 is 0 Å². The standard InChI is InChI=1S/C19H31N11/c20-12-6-13(21)9-29(8-12)18-24-17(28-27-16-4-2-1-3-5-16)25-19(26-18)30-10-14(22)7-15(23)11-30/h1-5,12-15,27H,6-11,20-23H2,(H,24,25,26,28). The van der Waals surface area contributed by atoms with Crippen LogP contribution in [0.2, 0.25) is 0 Å². The van der Waals surface area contributed by atoms with Crippen molar-refractivity contribution in [3.63, 3.8) is 0 Å². The second kappa shape index (κ2) is 8.96. The van der Waals surface area contributed by atoms with Gasteiger partial charge in [-0.25, -0.2) is 0 Å². The molecule has 2 saturated heterocycles. The Morgan fingerprint density at radius 1 is 0.667 bits per heavy atom. The number of nitrogens with zero attached hydrogens (tertiary/aromatic N) is 5. The van der Waals surface area contributed by atoms with Gasteiger partial charge in [-0.2, -0.15) is 15.0 Å². The first-order valence-electron chi connectivity index (χ1n) is 10.3. The number of aromatic nitrogens is 3. The Morgan fingerprint density at radius 2 is 1.13 bits per heavy atom. The van der Waals surface area contributed by atoms with Gasteiger partial charge in [0.05, 0.1) is 5.69 Å². The molecule has 0 saturated carbocycles. The van der Waals surface area contributed by atoms with Crippen LogP contribution in [0.4, 0.5) is 23.5 Å². The minimum absolute atomic E-state index is 0.0235. The molecule has 11 heteroatoms. The van der Waals surface area contributed by atoms with Gasteiger partial charge in [0.2, 0.25) is 17.8 Å². The van der Waals surface area contributed by atoms with Crippen LogP contribution in [0.1, 0.15) is 12.8 Å². The Hall–Kier alpha value is -2.73. The van der Waals surface area contributed by atoms with Crippen molar-refractivity contribution in [2.75, 3.05) is 46.8 Å². The topological polar surface area (TPSA) is 173 Å². The molecule has 0 radical (unpaired) electrons. The summed E-state index contributed by atoms with van der Waals surface area (Å²) in [6.45, 7) is 2.56. The molecule has 2 aliphatic heterocycles. The lowest BCUT2D eigenvalue weighted by Gasteiger charge is -2.37. The van der Waals surface area contributed by atoms with E-state index in [2.05, 4.69) is 20.8 Å². The summed E-state index contributed by atoms with van der Waals surface area (Å²) in [5.41, 5.74) is 31.8. The number of nitrogens with two attached hydrogens (primary N) is 4. The normalized spacial score (nSPS) is 27.1. The predicted octanol–water partition coefficient (Wildman–Crippen LogP) is -0.960. The molecular weight excluding hydrogens is 382 g/mol. The van der Waals surface area contributed by atoms with Crippen molar-refractivity contribution in [1.82, 2.24) is 15.0 Å². The monoisotopic (exact) mass is 413 g/mol. The fraction of sp³-hybridized carbons (Fsp3) is 0.526. The second-order valence-electron chi connectivity index (χ2n) is 8.20. The van der Waals surface area contributed by atoms with Crippen molar-refractivity contribution in [1.29, 1.82) is 0 Å². The van der Waals surface area contributed by atoms with Crippen LogP contribution in [-0.4, -0.2) is 65.3 Å². The van der Waals surface area contributed by atoms with Crippen molar-refractivity contribution >= 4 is 23.5 Å². The molecule has 4 rings (SSSR count). The number of hydrogen-bond acceptors (Lipinski definition) is 11. The van der Waals surface area contributed by atoms with E-state index in [1.165, 1.54) is 0 Å². The third-order valence-electron chi connectivity index (χ3n) is 5.30. The molecule has 0 amide bonds. The van der Waals surface area contributed by atoms with E-state index in [9.17, 15) is 0 Å². The van der Waals surface area contributed by atoms with E-state index in [1.807, 2.05) is 40.1 Å². The SMILES string of the molecule is NC1CC(N)CN(c2nc(NNc3ccccc3)nc(N3CC(N)CC(N)C3)n2)C1. The van der Waals surface area contributed by atoms with Crippen molar-refractivity contribution < 1.29 is 0 Å². The smallest absolute Gasteiger partial charge is 0.248 e. The summed E-state index contributed by atoms with van der Waals surface area (Å²) in [6, 6.07) is 9.64. The number of anilines is 4. The summed E-state index contributed by atoms with van der Waals surface area (Å²) in [5.74, 6) is 1.48. The van der Waals surface area contributed by atoms with Gasteiger partial charge in [-0.3, -0.25) is 10.9 Å². The highest BCUT2D eigenvalue weighted by Crippen LogP contribution is 2.22. The van der Waals surface area contributed by atoms with E-state index in [-0.39, 0.29) is 24.2 Å². The molecule has 2 aliphatic rings. The Morgan fingerprint density at radius 3 is 1.60 bits per heavy atom. The van der Waals surface area contributed by atoms with Gasteiger partial charge < -0.3 is 32.7 Å². The zero-order valence-electron chi connectivity index (χ0n) is 17.0. The molecule has 30 heavy (non-hydrogen) atoms. The molecule has 0 spiro atoms. The lowest BCUT2D eigenvalue weighted by atomic mass is 10.0. The predicted molar refractivity (Wildman–Crippen MR) is 119 cm³/mol. The summed E-state index contributed by atoms with van der Waals surface area (Å²) in [6.07, 6.45) is 1.57. The van der Waals surface area contributed by atoms with Crippen LogP contribution >= 0.6 is 0 Å². The van der Waals surface area contributed by atoms with Crippen LogP contribution in [0.5, 0.6) is 0 Å². The molecular formula is C19H31N11. The zero-order valence-corrected chi connectivity index (χ0v) is 17.0. The molecule has 0 bridgehead atoms. The number of hydrogen-bond donors (Lipinski definition) is 6. The minimum atomic E-state index is -0.0235. The first-order chi connectivity index (χ1) is 14.5. The van der Waals surface area contributed by atoms with Gasteiger partial charge in [-0.05, 0) is 25.0 Å². The lowest BCUT2D eigenvalue weighted by molar-refractivity contribution is 0.441. The van der Waals surface area contributed by atoms with Crippen LogP contribution in [0, 0.1) is 0 Å². The fourth-order valence-electron chi connectivity index (χ4n) is 4.03. The number of piperidine rings is 2. The van der Waals surface area contributed by atoms with Gasteiger partial charge in [0.1, 0.15) is 0 Å². The maximum atomic E-state index is 6.18. The van der Waals surface area contributed by atoms with Gasteiger partial charge >= 0.3 is 0 Å². The highest BCUT2D eigenvalue weighted by molar-refractivity contribution is 5.51. The van der Waals surface area contributed by atoms with E-state index in [4.69, 9.17) is 27.9 Å². The average Bonchev–Trinajstić information content (AvgIpc) is 2.71. The number of benzene rings is 1. The van der Waals surface area contributed by atoms with Crippen molar-refractivity contribution in [2.24, 2.45) is 22.9 Å². The average molecular weight is 414 g/mol. The molecule has 2 aromatic rings. The number of nitrogens with one attached hydrogen (secondary N) is 2. The minimum Gasteiger partial charge on any atom is -0.338 e. The Labute approximate surface area is 176 Å². The van der Waals surface area contributed by atoms with Gasteiger partial charge in [0.15, 0.2) is 0 Å². The van der Waals surface area contributed by atoms with Crippen molar-refractivity contribution in [2.45, 2.75) is 37.0 Å². The molecule has 3 heterocycles. The Bertz CT molecular complexity index is 768. The zero-order chi connectivity index (χ0) is 21.1. The Kier molecular flexibility index (Phi) is 6.13. The summed E-state index contributed by atoms with van der Waals surface area (Å²) in [5, 5.41) is 0. The highest BCUT2D eigenvalue weighted by Gasteiger charge is 2.28. The third kappa shape index (κ3) is 5.05. The summed E-state index contributed by atoms with van der Waals surface area (Å²) in [7, 11) is 0. The number of hydrazine groups is 1. The van der Waals surface area contributed by atoms with Crippen molar-refractivity contribution in [3.8, 4) is 0 Å². The molecule has 1 aromatic carbocycles. The molecule has 2 fully saturated rings. The first kappa shape index (κ1) is 20.5. The maximum Gasteiger partial charge on any atom is 0.248 e. The molecule has 10 N–H and O–H groups in total. The maximum absolute atomic E-state index is 6.18. The largest absolute Gasteiger partial charge is 0.338 e. The highest BCUT2D eigenvalue weighted by atomic mass is 15.5. The van der Waals surface area contributed by atoms with E-state index < -0.39 is 0 Å². The quantitative estimate of drug-likeness (QED) is 0.333. The van der Waals surface area contributed by atoms with Crippen LogP contribution in [0.25, 0.3) is 0 Å². The van der Waals surface area contributed by atoms with E-state index in [0.29, 0.717) is 44.0 Å². The van der Waals surface area contributed by atoms with Crippen LogP contribution in [0.15, 0.2) is 30.3 Å². The number of rotatable bonds is 5. The second-order valence-corrected chi connectivity index (χ2v) is 8.20. The summed E-state index contributed by atoms with van der Waals surface area (Å²) < 4.78 is 0. The summed E-state index contributed by atoms with van der Waals surface area (Å²) in [4.78, 5) is 18.0. The van der Waals surface area contributed by atoms with Crippen molar-refractivity contribution in [3.05, 3.63) is 30.3 Å². The van der Waals surface area contributed by atoms with Crippen LogP contribution in [-0.2, 0) is 0 Å². The molecule has 162 valence electrons. The van der Waals surface area contributed by atoms with E-state index in [0.717, 1.165) is 18.5 Å². The van der Waals surface area contributed by atoms with Gasteiger partial charge in [0.25, 0.3) is 0 Å². The van der Waals surface area contributed by atoms with Gasteiger partial charge in [-0.1, -0.05) is 18.2 Å². The third-order valence-corrected chi connectivity index (χ3v) is 5.30. The van der Waals surface area contributed by atoms with Gasteiger partial charge in [-0.15, -0.1) is 0 Å². The van der Waals surface area contributed by atoms with Crippen LogP contribution in [0.3, 0.4) is 0 Å². The first-order valence-corrected chi connectivity index (χ1v) is 10.3. The van der Waals surface area contributed by atoms with E-state index in [1.54, 1.807) is 0 Å². The number of para-hydroxylation sites is 1. The molecule has 1 aromatic heterocycles.